The lowest BCUT2D eigenvalue weighted by molar-refractivity contribution is 0.415. The highest BCUT2D eigenvalue weighted by molar-refractivity contribution is 7.17. The lowest BCUT2D eigenvalue weighted by Gasteiger charge is -2.03. The smallest absolute Gasteiger partial charge is 0.260 e. The molecule has 1 aromatic carbocycles. The number of furan rings is 1. The Kier molecular flexibility index (Phi) is 3.24. The van der Waals surface area contributed by atoms with Crippen molar-refractivity contribution in [3.63, 3.8) is 0 Å². The predicted molar refractivity (Wildman–Crippen MR) is 89.9 cm³/mol. The van der Waals surface area contributed by atoms with Crippen molar-refractivity contribution in [1.82, 2.24) is 9.97 Å². The Bertz CT molecular complexity index is 1010. The second-order valence-corrected chi connectivity index (χ2v) is 5.81. The maximum absolute atomic E-state index is 12.5. The molecule has 5 nitrogen and oxygen atoms in total. The Morgan fingerprint density at radius 3 is 2.74 bits per heavy atom. The highest BCUT2D eigenvalue weighted by Gasteiger charge is 2.14. The fourth-order valence-corrected chi connectivity index (χ4v) is 3.41. The Balaban J connectivity index is 1.88. The highest BCUT2D eigenvalue weighted by atomic mass is 32.1. The first-order valence-corrected chi connectivity index (χ1v) is 7.84. The second kappa shape index (κ2) is 5.40. The van der Waals surface area contributed by atoms with Crippen LogP contribution in [0.3, 0.4) is 0 Å². The number of aromatic amines is 1. The molecule has 0 bridgehead atoms. The van der Waals surface area contributed by atoms with Crippen molar-refractivity contribution in [3.8, 4) is 28.5 Å². The minimum atomic E-state index is -0.173. The Labute approximate surface area is 135 Å². The number of benzene rings is 1. The summed E-state index contributed by atoms with van der Waals surface area (Å²) in [5, 5.41) is 2.54. The van der Waals surface area contributed by atoms with E-state index in [9.17, 15) is 4.79 Å². The highest BCUT2D eigenvalue weighted by Crippen LogP contribution is 2.32. The molecule has 3 aromatic heterocycles. The molecular weight excluding hydrogens is 312 g/mol. The van der Waals surface area contributed by atoms with E-state index >= 15 is 0 Å². The summed E-state index contributed by atoms with van der Waals surface area (Å²) in [7, 11) is 1.62. The van der Waals surface area contributed by atoms with Crippen molar-refractivity contribution in [3.05, 3.63) is 58.4 Å². The van der Waals surface area contributed by atoms with Crippen molar-refractivity contribution >= 4 is 21.6 Å². The molecule has 0 radical (unpaired) electrons. The van der Waals surface area contributed by atoms with Crippen LogP contribution in [0.2, 0.25) is 0 Å². The minimum absolute atomic E-state index is 0.173. The van der Waals surface area contributed by atoms with Gasteiger partial charge in [-0.05, 0) is 29.8 Å². The number of nitrogens with one attached hydrogen (secondary N) is 1. The van der Waals surface area contributed by atoms with Crippen LogP contribution in [0.25, 0.3) is 32.9 Å². The van der Waals surface area contributed by atoms with E-state index in [2.05, 4.69) is 9.97 Å². The standard InChI is InChI=1S/C17H12N2O3S/c1-21-11-6-4-10(5-7-11)12-9-23-17-14(12)16(20)18-15(19-17)13-3-2-8-22-13/h2-9H,1H3,(H,18,19,20). The average Bonchev–Trinajstić information content (AvgIpc) is 3.24. The van der Waals surface area contributed by atoms with Gasteiger partial charge < -0.3 is 14.1 Å². The monoisotopic (exact) mass is 324 g/mol. The lowest BCUT2D eigenvalue weighted by atomic mass is 10.1. The lowest BCUT2D eigenvalue weighted by Crippen LogP contribution is -2.08. The molecule has 0 saturated carbocycles. The molecule has 0 amide bonds. The number of rotatable bonds is 3. The van der Waals surface area contributed by atoms with E-state index in [0.29, 0.717) is 21.8 Å². The molecule has 0 fully saturated rings. The maximum atomic E-state index is 12.5. The molecule has 114 valence electrons. The van der Waals surface area contributed by atoms with Crippen LogP contribution < -0.4 is 10.3 Å². The van der Waals surface area contributed by atoms with Gasteiger partial charge in [-0.25, -0.2) is 4.98 Å². The molecule has 0 aliphatic rings. The third kappa shape index (κ3) is 2.33. The van der Waals surface area contributed by atoms with Crippen molar-refractivity contribution in [2.75, 3.05) is 7.11 Å². The van der Waals surface area contributed by atoms with Gasteiger partial charge in [-0.2, -0.15) is 0 Å². The van der Waals surface area contributed by atoms with Crippen LogP contribution in [-0.2, 0) is 0 Å². The van der Waals surface area contributed by atoms with Gasteiger partial charge in [-0.15, -0.1) is 11.3 Å². The Morgan fingerprint density at radius 2 is 2.04 bits per heavy atom. The third-order valence-corrected chi connectivity index (χ3v) is 4.47. The molecule has 4 rings (SSSR count). The second-order valence-electron chi connectivity index (χ2n) is 4.95. The molecule has 0 aliphatic carbocycles. The van der Waals surface area contributed by atoms with E-state index in [1.807, 2.05) is 29.6 Å². The molecule has 1 N–H and O–H groups in total. The zero-order valence-electron chi connectivity index (χ0n) is 12.2. The van der Waals surface area contributed by atoms with Crippen molar-refractivity contribution in [2.24, 2.45) is 0 Å². The van der Waals surface area contributed by atoms with E-state index < -0.39 is 0 Å². The zero-order chi connectivity index (χ0) is 15.8. The molecule has 4 aromatic rings. The van der Waals surface area contributed by atoms with Gasteiger partial charge in [-0.1, -0.05) is 12.1 Å². The molecule has 0 saturated heterocycles. The molecule has 6 heteroatoms. The van der Waals surface area contributed by atoms with Crippen LogP contribution in [0, 0.1) is 0 Å². The van der Waals surface area contributed by atoms with Gasteiger partial charge in [0.2, 0.25) is 0 Å². The largest absolute Gasteiger partial charge is 0.497 e. The first-order chi connectivity index (χ1) is 11.3. The topological polar surface area (TPSA) is 68.1 Å². The summed E-state index contributed by atoms with van der Waals surface area (Å²) in [5.41, 5.74) is 1.65. The van der Waals surface area contributed by atoms with Gasteiger partial charge in [0.15, 0.2) is 11.6 Å². The van der Waals surface area contributed by atoms with Crippen LogP contribution in [0.4, 0.5) is 0 Å². The molecular formula is C17H12N2O3S. The fraction of sp³-hybridized carbons (Fsp3) is 0.0588. The molecule has 0 atom stereocenters. The predicted octanol–water partition coefficient (Wildman–Crippen LogP) is 3.92. The van der Waals surface area contributed by atoms with Crippen LogP contribution in [0.15, 0.2) is 57.3 Å². The van der Waals surface area contributed by atoms with Gasteiger partial charge >= 0.3 is 0 Å². The number of ether oxygens (including phenoxy) is 1. The normalized spacial score (nSPS) is 11.0. The number of nitrogens with zero attached hydrogens (tertiary/aromatic N) is 1. The van der Waals surface area contributed by atoms with Gasteiger partial charge in [0.25, 0.3) is 5.56 Å². The van der Waals surface area contributed by atoms with Crippen LogP contribution in [0.1, 0.15) is 0 Å². The van der Waals surface area contributed by atoms with E-state index in [1.54, 1.807) is 25.5 Å². The maximum Gasteiger partial charge on any atom is 0.260 e. The van der Waals surface area contributed by atoms with Gasteiger partial charge in [0.1, 0.15) is 10.6 Å². The quantitative estimate of drug-likeness (QED) is 0.620. The van der Waals surface area contributed by atoms with E-state index in [0.717, 1.165) is 16.9 Å². The van der Waals surface area contributed by atoms with E-state index in [1.165, 1.54) is 11.3 Å². The van der Waals surface area contributed by atoms with Crippen molar-refractivity contribution in [2.45, 2.75) is 0 Å². The fourth-order valence-electron chi connectivity index (χ4n) is 2.46. The third-order valence-electron chi connectivity index (χ3n) is 3.60. The summed E-state index contributed by atoms with van der Waals surface area (Å²) in [6, 6.07) is 11.1. The number of hydrogen-bond donors (Lipinski definition) is 1. The van der Waals surface area contributed by atoms with Crippen LogP contribution in [-0.4, -0.2) is 17.1 Å². The molecule has 23 heavy (non-hydrogen) atoms. The number of H-pyrrole nitrogens is 1. The van der Waals surface area contributed by atoms with Gasteiger partial charge in [-0.3, -0.25) is 4.79 Å². The Hall–Kier alpha value is -2.86. The number of methoxy groups -OCH3 is 1. The van der Waals surface area contributed by atoms with Crippen molar-refractivity contribution in [1.29, 1.82) is 0 Å². The van der Waals surface area contributed by atoms with Crippen LogP contribution >= 0.6 is 11.3 Å². The Morgan fingerprint density at radius 1 is 1.22 bits per heavy atom. The van der Waals surface area contributed by atoms with Crippen molar-refractivity contribution < 1.29 is 9.15 Å². The summed E-state index contributed by atoms with van der Waals surface area (Å²) >= 11 is 1.44. The summed E-state index contributed by atoms with van der Waals surface area (Å²) in [6.07, 6.45) is 1.55. The van der Waals surface area contributed by atoms with Gasteiger partial charge in [0, 0.05) is 10.9 Å². The molecule has 0 aliphatic heterocycles. The number of aromatic nitrogens is 2. The summed E-state index contributed by atoms with van der Waals surface area (Å²) in [6.45, 7) is 0. The first-order valence-electron chi connectivity index (χ1n) is 6.96. The van der Waals surface area contributed by atoms with E-state index in [-0.39, 0.29) is 5.56 Å². The average molecular weight is 324 g/mol. The first kappa shape index (κ1) is 13.8. The number of fused-ring (bicyclic) bond motifs is 1. The summed E-state index contributed by atoms with van der Waals surface area (Å²) in [4.78, 5) is 20.5. The number of thiophene rings is 1. The molecule has 0 unspecified atom stereocenters. The molecule has 0 spiro atoms. The zero-order valence-corrected chi connectivity index (χ0v) is 13.0. The number of hydrogen-bond acceptors (Lipinski definition) is 5. The SMILES string of the molecule is COc1ccc(-c2csc3nc(-c4ccco4)[nH]c(=O)c23)cc1. The minimum Gasteiger partial charge on any atom is -0.497 e. The molecule has 3 heterocycles. The van der Waals surface area contributed by atoms with Gasteiger partial charge in [0.05, 0.1) is 18.8 Å². The summed E-state index contributed by atoms with van der Waals surface area (Å²) in [5.74, 6) is 1.76. The summed E-state index contributed by atoms with van der Waals surface area (Å²) < 4.78 is 10.5. The van der Waals surface area contributed by atoms with E-state index in [4.69, 9.17) is 9.15 Å². The van der Waals surface area contributed by atoms with Crippen LogP contribution in [0.5, 0.6) is 5.75 Å².